The van der Waals surface area contributed by atoms with Crippen LogP contribution in [0.5, 0.6) is 0 Å². The summed E-state index contributed by atoms with van der Waals surface area (Å²) in [6.07, 6.45) is 1.12. The average Bonchev–Trinajstić information content (AvgIpc) is 2.11. The number of carboxylic acids is 2. The van der Waals surface area contributed by atoms with Gasteiger partial charge >= 0.3 is 29.3 Å². The van der Waals surface area contributed by atoms with E-state index in [2.05, 4.69) is 0 Å². The summed E-state index contributed by atoms with van der Waals surface area (Å²) in [7, 11) is 0. The molecule has 0 aliphatic heterocycles. The maximum Gasteiger partial charge on any atom is 3.00 e. The first-order chi connectivity index (χ1) is 8.82. The number of carboxylic acid groups (broad SMARTS) is 2. The first-order valence-electron chi connectivity index (χ1n) is 3.41. The Morgan fingerprint density at radius 2 is 0.762 bits per heavy atom. The Kier molecular flexibility index (Phi) is 32.2. The molecule has 1 radical (unpaired) electrons. The summed E-state index contributed by atoms with van der Waals surface area (Å²) in [6, 6.07) is 0. The molecule has 119 valence electrons. The van der Waals surface area contributed by atoms with Crippen molar-refractivity contribution >= 4 is 11.9 Å². The normalized spacial score (nSPS) is 7.05. The van der Waals surface area contributed by atoms with Crippen LogP contribution in [0, 0.1) is 46.0 Å². The van der Waals surface area contributed by atoms with Crippen molar-refractivity contribution in [2.45, 2.75) is 0 Å². The van der Waals surface area contributed by atoms with Gasteiger partial charge in [0.2, 0.25) is 0 Å². The fraction of sp³-hybridized carbons (Fsp3) is 0. The van der Waals surface area contributed by atoms with Crippen LogP contribution in [-0.4, -0.2) is 37.4 Å². The Morgan fingerprint density at radius 3 is 0.810 bits per heavy atom. The molecular weight excluding hydrogens is 350 g/mol. The van der Waals surface area contributed by atoms with Crippen molar-refractivity contribution < 1.29 is 52.4 Å². The molecule has 16 nitrogen and oxygen atoms in total. The van der Waals surface area contributed by atoms with Crippen LogP contribution in [0.15, 0.2) is 12.2 Å². The van der Waals surface area contributed by atoms with Crippen LogP contribution in [0.4, 0.5) is 0 Å². The molecular formula is C4H4CrN3O13. The summed E-state index contributed by atoms with van der Waals surface area (Å²) in [5, 5.41) is 59.9. The monoisotopic (exact) mass is 354 g/mol. The van der Waals surface area contributed by atoms with Gasteiger partial charge in [0.15, 0.2) is 0 Å². The van der Waals surface area contributed by atoms with Crippen molar-refractivity contribution in [3.63, 3.8) is 0 Å². The third-order valence-electron chi connectivity index (χ3n) is 0.368. The molecule has 0 aliphatic carbocycles. The first kappa shape index (κ1) is 30.7. The molecule has 0 aliphatic rings. The Balaban J connectivity index is -0.0000000570. The van der Waals surface area contributed by atoms with Crippen LogP contribution >= 0.6 is 0 Å². The zero-order valence-electron chi connectivity index (χ0n) is 9.29. The number of hydrogen-bond donors (Lipinski definition) is 2. The van der Waals surface area contributed by atoms with E-state index in [0.29, 0.717) is 12.2 Å². The molecule has 0 aromatic heterocycles. The van der Waals surface area contributed by atoms with Gasteiger partial charge in [-0.05, 0) is 0 Å². The third-order valence-corrected chi connectivity index (χ3v) is 0.368. The van der Waals surface area contributed by atoms with Gasteiger partial charge in [-0.25, -0.2) is 9.59 Å². The van der Waals surface area contributed by atoms with Crippen molar-refractivity contribution in [1.29, 1.82) is 0 Å². The van der Waals surface area contributed by atoms with E-state index in [1.54, 1.807) is 0 Å². The van der Waals surface area contributed by atoms with E-state index in [1.165, 1.54) is 0 Å². The van der Waals surface area contributed by atoms with Crippen LogP contribution in [0.2, 0.25) is 0 Å². The van der Waals surface area contributed by atoms with Gasteiger partial charge < -0.3 is 56.2 Å². The van der Waals surface area contributed by atoms with Crippen LogP contribution in [0.25, 0.3) is 0 Å². The second kappa shape index (κ2) is 22.0. The standard InChI is InChI=1S/C4H4O4.Cr.3NO3/c5-3(6)1-2-4(7)8;;3*2-1(3)4/h1-2H,(H,5,6)(H,7,8);;;;/q;+3;3*-1/b2-1+;;;;. The minimum Gasteiger partial charge on any atom is -0.478 e. The second-order valence-corrected chi connectivity index (χ2v) is 1.68. The zero-order valence-corrected chi connectivity index (χ0v) is 10.6. The predicted molar refractivity (Wildman–Crippen MR) is 55.5 cm³/mol. The van der Waals surface area contributed by atoms with Crippen molar-refractivity contribution in [3.05, 3.63) is 58.1 Å². The summed E-state index contributed by atoms with van der Waals surface area (Å²) in [5.74, 6) is -2.51. The molecule has 21 heavy (non-hydrogen) atoms. The first-order valence-corrected chi connectivity index (χ1v) is 3.41. The molecule has 0 rings (SSSR count). The van der Waals surface area contributed by atoms with Gasteiger partial charge in [-0.15, -0.1) is 0 Å². The van der Waals surface area contributed by atoms with Crippen LogP contribution in [0.1, 0.15) is 0 Å². The molecule has 0 unspecified atom stereocenters. The largest absolute Gasteiger partial charge is 3.00 e. The summed E-state index contributed by atoms with van der Waals surface area (Å²) in [5.41, 5.74) is 0. The van der Waals surface area contributed by atoms with Crippen molar-refractivity contribution in [2.75, 3.05) is 0 Å². The number of carbonyl (C=O) groups is 2. The molecule has 0 spiro atoms. The van der Waals surface area contributed by atoms with Gasteiger partial charge in [-0.3, -0.25) is 0 Å². The smallest absolute Gasteiger partial charge is 0.478 e. The Labute approximate surface area is 123 Å². The zero-order chi connectivity index (χ0) is 17.3. The fourth-order valence-corrected chi connectivity index (χ4v) is 0.143. The number of nitrogens with zero attached hydrogens (tertiary/aromatic N) is 3. The Morgan fingerprint density at radius 1 is 0.667 bits per heavy atom. The molecule has 0 aromatic carbocycles. The molecule has 0 saturated carbocycles. The van der Waals surface area contributed by atoms with Gasteiger partial charge in [-0.1, -0.05) is 0 Å². The molecule has 0 atom stereocenters. The van der Waals surface area contributed by atoms with Gasteiger partial charge in [0.25, 0.3) is 0 Å². The van der Waals surface area contributed by atoms with E-state index < -0.39 is 27.2 Å². The van der Waals surface area contributed by atoms with Gasteiger partial charge in [-0.2, -0.15) is 0 Å². The number of rotatable bonds is 2. The third kappa shape index (κ3) is 1120. The minimum atomic E-state index is -1.75. The predicted octanol–water partition coefficient (Wildman–Crippen LogP) is -1.01. The summed E-state index contributed by atoms with van der Waals surface area (Å²) in [6.45, 7) is 0. The van der Waals surface area contributed by atoms with E-state index in [0.717, 1.165) is 0 Å². The number of hydrogen-bond acceptors (Lipinski definition) is 11. The molecule has 17 heteroatoms. The topological polar surface area (TPSA) is 273 Å². The number of aliphatic carboxylic acids is 2. The Bertz CT molecular complexity index is 310. The maximum absolute atomic E-state index is 9.55. The SMILES string of the molecule is O=C(O)/C=C/C(=O)O.O=[N+]([O-])[O-].O=[N+]([O-])[O-].O=[N+]([O-])[O-].[Cr+3]. The second-order valence-electron chi connectivity index (χ2n) is 1.68. The van der Waals surface area contributed by atoms with E-state index >= 15 is 0 Å². The van der Waals surface area contributed by atoms with Gasteiger partial charge in [0.05, 0.1) is 15.3 Å². The van der Waals surface area contributed by atoms with E-state index in [4.69, 9.17) is 56.2 Å². The molecule has 0 saturated heterocycles. The quantitative estimate of drug-likeness (QED) is 0.342. The van der Waals surface area contributed by atoms with Crippen LogP contribution < -0.4 is 0 Å². The van der Waals surface area contributed by atoms with Crippen molar-refractivity contribution in [1.82, 2.24) is 0 Å². The molecule has 0 heterocycles. The van der Waals surface area contributed by atoms with E-state index in [9.17, 15) is 9.59 Å². The van der Waals surface area contributed by atoms with Crippen molar-refractivity contribution in [3.8, 4) is 0 Å². The summed E-state index contributed by atoms with van der Waals surface area (Å²) in [4.78, 5) is 43.9. The molecule has 0 fully saturated rings. The molecule has 0 aromatic rings. The van der Waals surface area contributed by atoms with Crippen LogP contribution in [0.3, 0.4) is 0 Å². The molecule has 2 N–H and O–H groups in total. The molecule has 0 amide bonds. The summed E-state index contributed by atoms with van der Waals surface area (Å²) < 4.78 is 0. The van der Waals surface area contributed by atoms with Crippen LogP contribution in [-0.2, 0) is 27.0 Å². The average molecular weight is 354 g/mol. The summed E-state index contributed by atoms with van der Waals surface area (Å²) >= 11 is 0. The molecule has 0 bridgehead atoms. The maximum atomic E-state index is 9.55. The van der Waals surface area contributed by atoms with E-state index in [1.807, 2.05) is 0 Å². The Hall–Kier alpha value is -3.19. The van der Waals surface area contributed by atoms with Crippen molar-refractivity contribution in [2.24, 2.45) is 0 Å². The van der Waals surface area contributed by atoms with E-state index in [-0.39, 0.29) is 17.4 Å². The fourth-order valence-electron chi connectivity index (χ4n) is 0.143. The van der Waals surface area contributed by atoms with Gasteiger partial charge in [0.1, 0.15) is 0 Å². The minimum absolute atomic E-state index is 0. The van der Waals surface area contributed by atoms with Gasteiger partial charge in [0, 0.05) is 12.2 Å².